The van der Waals surface area contributed by atoms with Gasteiger partial charge in [-0.2, -0.15) is 8.78 Å². The van der Waals surface area contributed by atoms with Gasteiger partial charge in [0.1, 0.15) is 12.4 Å². The van der Waals surface area contributed by atoms with Gasteiger partial charge in [-0.3, -0.25) is 4.79 Å². The third-order valence-electron chi connectivity index (χ3n) is 8.71. The summed E-state index contributed by atoms with van der Waals surface area (Å²) in [6, 6.07) is 0. The van der Waals surface area contributed by atoms with Gasteiger partial charge < -0.3 is 10.6 Å². The molecule has 0 aromatic heterocycles. The Kier molecular flexibility index (Phi) is 5.13. The molecule has 0 amide bonds. The summed E-state index contributed by atoms with van der Waals surface area (Å²) in [5, 5.41) is 4.23. The number of carbonyl (C=O) groups excluding carboxylic acids is 1. The highest BCUT2D eigenvalue weighted by Gasteiger charge is 2.62. The van der Waals surface area contributed by atoms with E-state index in [0.717, 1.165) is 44.2 Å². The van der Waals surface area contributed by atoms with Crippen LogP contribution in [0.15, 0.2) is 16.8 Å². The van der Waals surface area contributed by atoms with Crippen LogP contribution in [0, 0.1) is 34.5 Å². The van der Waals surface area contributed by atoms with Crippen LogP contribution in [0.5, 0.6) is 0 Å². The molecular formula is C22H32F2N2O2. The standard InChI is InChI=1S/C22H32F2N2O2/c1-21-7-5-14(26-28-10-9-25)11-13(21)12-15(20(23)24)19-16-3-4-18(27)22(16,2)8-6-17(19)21/h13,16-17,19H,3-12,25H2,1-2H3/b26-14+/t13?,16?,17?,19?,21-,22-/m0/s1. The maximum atomic E-state index is 14.1. The van der Waals surface area contributed by atoms with Gasteiger partial charge in [0.25, 0.3) is 6.08 Å². The molecule has 2 N–H and O–H groups in total. The van der Waals surface area contributed by atoms with E-state index >= 15 is 0 Å². The number of allylic oxidation sites excluding steroid dienone is 1. The summed E-state index contributed by atoms with van der Waals surface area (Å²) in [6.45, 7) is 5.14. The number of Topliss-reactive ketones (excluding diaryl/α,β-unsaturated/α-hetero) is 1. The van der Waals surface area contributed by atoms with Crippen molar-refractivity contribution in [1.82, 2.24) is 0 Å². The van der Waals surface area contributed by atoms with Crippen molar-refractivity contribution in [1.29, 1.82) is 0 Å². The van der Waals surface area contributed by atoms with Crippen LogP contribution >= 0.6 is 0 Å². The first-order valence-electron chi connectivity index (χ1n) is 10.8. The molecule has 0 heterocycles. The number of hydrogen-bond donors (Lipinski definition) is 1. The molecule has 0 radical (unpaired) electrons. The second-order valence-electron chi connectivity index (χ2n) is 9.83. The Labute approximate surface area is 165 Å². The van der Waals surface area contributed by atoms with Crippen LogP contribution in [0.2, 0.25) is 0 Å². The van der Waals surface area contributed by atoms with Crippen LogP contribution < -0.4 is 5.73 Å². The van der Waals surface area contributed by atoms with Gasteiger partial charge in [-0.25, -0.2) is 0 Å². The number of rotatable bonds is 3. The minimum Gasteiger partial charge on any atom is -0.395 e. The summed E-state index contributed by atoms with van der Waals surface area (Å²) in [5.74, 6) is 0.635. The SMILES string of the molecule is C[C@]12CC/C(=N\OCCN)CC1CC(=C(F)F)C1C2CC[C@]2(C)C(=O)CCC12. The molecule has 0 bridgehead atoms. The van der Waals surface area contributed by atoms with Gasteiger partial charge in [-0.05, 0) is 79.6 Å². The van der Waals surface area contributed by atoms with Gasteiger partial charge in [-0.1, -0.05) is 19.0 Å². The van der Waals surface area contributed by atoms with E-state index in [2.05, 4.69) is 12.1 Å². The third kappa shape index (κ3) is 2.94. The molecule has 6 heteroatoms. The second kappa shape index (κ2) is 7.19. The topological polar surface area (TPSA) is 64.7 Å². The zero-order chi connectivity index (χ0) is 20.1. The number of hydrogen-bond acceptors (Lipinski definition) is 4. The first-order chi connectivity index (χ1) is 13.3. The largest absolute Gasteiger partial charge is 0.395 e. The monoisotopic (exact) mass is 394 g/mol. The molecule has 4 rings (SSSR count). The molecule has 0 aliphatic heterocycles. The molecular weight excluding hydrogens is 362 g/mol. The Morgan fingerprint density at radius 3 is 2.68 bits per heavy atom. The number of nitrogens with two attached hydrogens (primary N) is 1. The van der Waals surface area contributed by atoms with E-state index in [0.29, 0.717) is 31.6 Å². The van der Waals surface area contributed by atoms with Crippen molar-refractivity contribution in [3.63, 3.8) is 0 Å². The fraction of sp³-hybridized carbons (Fsp3) is 0.818. The van der Waals surface area contributed by atoms with Crippen molar-refractivity contribution in [2.24, 2.45) is 45.4 Å². The third-order valence-corrected chi connectivity index (χ3v) is 8.71. The summed E-state index contributed by atoms with van der Waals surface area (Å²) >= 11 is 0. The average molecular weight is 395 g/mol. The van der Waals surface area contributed by atoms with Gasteiger partial charge in [0, 0.05) is 18.4 Å². The molecule has 0 saturated heterocycles. The predicted octanol–water partition coefficient (Wildman–Crippen LogP) is 4.69. The number of oxime groups is 1. The fourth-order valence-electron chi connectivity index (χ4n) is 7.05. The second-order valence-corrected chi connectivity index (χ2v) is 9.83. The molecule has 0 aromatic rings. The van der Waals surface area contributed by atoms with Crippen LogP contribution in [-0.2, 0) is 9.63 Å². The van der Waals surface area contributed by atoms with Crippen LogP contribution in [0.3, 0.4) is 0 Å². The molecule has 4 unspecified atom stereocenters. The van der Waals surface area contributed by atoms with E-state index < -0.39 is 11.5 Å². The molecule has 4 nitrogen and oxygen atoms in total. The van der Waals surface area contributed by atoms with E-state index in [-0.39, 0.29) is 34.9 Å². The zero-order valence-corrected chi connectivity index (χ0v) is 17.0. The lowest BCUT2D eigenvalue weighted by Crippen LogP contribution is -2.54. The highest BCUT2D eigenvalue weighted by atomic mass is 19.3. The first kappa shape index (κ1) is 20.0. The van der Waals surface area contributed by atoms with Gasteiger partial charge >= 0.3 is 0 Å². The van der Waals surface area contributed by atoms with Crippen LogP contribution in [-0.4, -0.2) is 24.6 Å². The van der Waals surface area contributed by atoms with Crippen LogP contribution in [0.1, 0.15) is 65.2 Å². The lowest BCUT2D eigenvalue weighted by molar-refractivity contribution is -0.133. The summed E-state index contributed by atoms with van der Waals surface area (Å²) in [5.41, 5.74) is 6.39. The lowest BCUT2D eigenvalue weighted by Gasteiger charge is -2.60. The molecule has 4 fully saturated rings. The Morgan fingerprint density at radius 1 is 1.18 bits per heavy atom. The number of nitrogens with zero attached hydrogens (tertiary/aromatic N) is 1. The van der Waals surface area contributed by atoms with Crippen molar-refractivity contribution < 1.29 is 18.4 Å². The van der Waals surface area contributed by atoms with Gasteiger partial charge in [0.15, 0.2) is 0 Å². The first-order valence-corrected chi connectivity index (χ1v) is 10.8. The molecule has 4 aliphatic carbocycles. The van der Waals surface area contributed by atoms with E-state index in [9.17, 15) is 13.6 Å². The van der Waals surface area contributed by atoms with E-state index in [1.54, 1.807) is 0 Å². The molecule has 0 aromatic carbocycles. The number of ketones is 1. The summed E-state index contributed by atoms with van der Waals surface area (Å²) in [4.78, 5) is 17.8. The quantitative estimate of drug-likeness (QED) is 0.558. The average Bonchev–Trinajstić information content (AvgIpc) is 2.96. The van der Waals surface area contributed by atoms with E-state index in [1.165, 1.54) is 0 Å². The Morgan fingerprint density at radius 2 is 1.96 bits per heavy atom. The Bertz CT molecular complexity index is 717. The van der Waals surface area contributed by atoms with E-state index in [4.69, 9.17) is 10.6 Å². The lowest BCUT2D eigenvalue weighted by atomic mass is 9.44. The summed E-state index contributed by atoms with van der Waals surface area (Å²) < 4.78 is 28.3. The van der Waals surface area contributed by atoms with Crippen LogP contribution in [0.25, 0.3) is 0 Å². The molecule has 4 aliphatic rings. The normalized spacial score (nSPS) is 44.1. The molecule has 28 heavy (non-hydrogen) atoms. The highest BCUT2D eigenvalue weighted by Crippen LogP contribution is 2.67. The molecule has 6 atom stereocenters. The Hall–Kier alpha value is -1.30. The fourth-order valence-corrected chi connectivity index (χ4v) is 7.05. The smallest absolute Gasteiger partial charge is 0.269 e. The van der Waals surface area contributed by atoms with E-state index in [1.807, 2.05) is 6.92 Å². The molecule has 0 spiro atoms. The minimum atomic E-state index is -1.51. The maximum Gasteiger partial charge on any atom is 0.269 e. The molecule has 4 saturated carbocycles. The van der Waals surface area contributed by atoms with Crippen molar-refractivity contribution in [2.75, 3.05) is 13.2 Å². The molecule has 156 valence electrons. The number of carbonyl (C=O) groups is 1. The summed E-state index contributed by atoms with van der Waals surface area (Å²) in [6.07, 6.45) is 4.52. The minimum absolute atomic E-state index is 0.0312. The summed E-state index contributed by atoms with van der Waals surface area (Å²) in [7, 11) is 0. The zero-order valence-electron chi connectivity index (χ0n) is 17.0. The van der Waals surface area contributed by atoms with Crippen molar-refractivity contribution in [3.8, 4) is 0 Å². The highest BCUT2D eigenvalue weighted by molar-refractivity contribution is 5.87. The Balaban J connectivity index is 1.65. The van der Waals surface area contributed by atoms with Crippen molar-refractivity contribution in [3.05, 3.63) is 11.7 Å². The predicted molar refractivity (Wildman–Crippen MR) is 104 cm³/mol. The maximum absolute atomic E-state index is 14.1. The van der Waals surface area contributed by atoms with Crippen molar-refractivity contribution >= 4 is 11.5 Å². The van der Waals surface area contributed by atoms with Gasteiger partial charge in [0.2, 0.25) is 0 Å². The van der Waals surface area contributed by atoms with Crippen molar-refractivity contribution in [2.45, 2.75) is 65.2 Å². The number of fused-ring (bicyclic) bond motifs is 5. The number of halogens is 2. The van der Waals surface area contributed by atoms with Crippen LogP contribution in [0.4, 0.5) is 8.78 Å². The van der Waals surface area contributed by atoms with Gasteiger partial charge in [0.05, 0.1) is 5.71 Å². The van der Waals surface area contributed by atoms with Gasteiger partial charge in [-0.15, -0.1) is 0 Å².